The van der Waals surface area contributed by atoms with Gasteiger partial charge in [0.1, 0.15) is 0 Å². The van der Waals surface area contributed by atoms with Crippen LogP contribution in [0, 0.1) is 0 Å². The Balaban J connectivity index is 4.03. The number of ether oxygens (including phenoxy) is 1. The Hall–Kier alpha value is -0.510. The fraction of sp³-hybridized carbons (Fsp3) is 0.714. The lowest BCUT2D eigenvalue weighted by Gasteiger charge is -2.08. The number of ketones is 1. The molecule has 0 rings (SSSR count). The average molecular weight is 176 g/mol. The fourth-order valence-corrected chi connectivity index (χ4v) is 1.24. The van der Waals surface area contributed by atoms with Gasteiger partial charge in [0.05, 0.1) is 6.61 Å². The maximum atomic E-state index is 11.0. The number of thioether (sulfide) groups is 1. The first-order valence-electron chi connectivity index (χ1n) is 3.33. The SMILES string of the molecule is CCOC(=O)C(SC)C(C)=O. The quantitative estimate of drug-likeness (QED) is 0.471. The molecule has 4 heteroatoms. The van der Waals surface area contributed by atoms with E-state index in [1.54, 1.807) is 13.2 Å². The first-order chi connectivity index (χ1) is 5.13. The highest BCUT2D eigenvalue weighted by Gasteiger charge is 2.22. The molecule has 0 fully saturated rings. The molecule has 0 spiro atoms. The molecule has 64 valence electrons. The summed E-state index contributed by atoms with van der Waals surface area (Å²) in [5.41, 5.74) is 0. The maximum Gasteiger partial charge on any atom is 0.326 e. The molecule has 1 unspecified atom stereocenters. The van der Waals surface area contributed by atoms with Crippen LogP contribution >= 0.6 is 11.8 Å². The van der Waals surface area contributed by atoms with Crippen LogP contribution in [-0.4, -0.2) is 29.9 Å². The van der Waals surface area contributed by atoms with Gasteiger partial charge >= 0.3 is 5.97 Å². The number of Topliss-reactive ketones (excluding diaryl/α,β-unsaturated/α-hetero) is 1. The van der Waals surface area contributed by atoms with Crippen LogP contribution in [0.15, 0.2) is 0 Å². The molecular weight excluding hydrogens is 164 g/mol. The average Bonchev–Trinajstić information content (AvgIpc) is 1.88. The van der Waals surface area contributed by atoms with E-state index in [2.05, 4.69) is 4.74 Å². The van der Waals surface area contributed by atoms with Crippen LogP contribution in [0.25, 0.3) is 0 Å². The first kappa shape index (κ1) is 10.5. The largest absolute Gasteiger partial charge is 0.465 e. The number of carbonyl (C=O) groups excluding carboxylic acids is 2. The van der Waals surface area contributed by atoms with Crippen molar-refractivity contribution in [3.8, 4) is 0 Å². The Morgan fingerprint density at radius 1 is 1.55 bits per heavy atom. The van der Waals surface area contributed by atoms with E-state index in [4.69, 9.17) is 0 Å². The normalized spacial score (nSPS) is 12.3. The van der Waals surface area contributed by atoms with Gasteiger partial charge in [-0.1, -0.05) is 0 Å². The van der Waals surface area contributed by atoms with E-state index in [9.17, 15) is 9.59 Å². The lowest BCUT2D eigenvalue weighted by atomic mass is 10.3. The summed E-state index contributed by atoms with van der Waals surface area (Å²) in [5.74, 6) is -0.594. The highest BCUT2D eigenvalue weighted by Crippen LogP contribution is 2.09. The summed E-state index contributed by atoms with van der Waals surface area (Å²) >= 11 is 1.20. The third-order valence-electron chi connectivity index (χ3n) is 1.11. The second kappa shape index (κ2) is 5.18. The van der Waals surface area contributed by atoms with Crippen LogP contribution in [0.3, 0.4) is 0 Å². The van der Waals surface area contributed by atoms with Gasteiger partial charge in [-0.15, -0.1) is 11.8 Å². The summed E-state index contributed by atoms with van der Waals surface area (Å²) in [5, 5.41) is -0.644. The lowest BCUT2D eigenvalue weighted by molar-refractivity contribution is -0.144. The van der Waals surface area contributed by atoms with E-state index in [1.165, 1.54) is 18.7 Å². The number of esters is 1. The molecule has 0 N–H and O–H groups in total. The highest BCUT2D eigenvalue weighted by atomic mass is 32.2. The molecule has 0 bridgehead atoms. The molecule has 0 saturated carbocycles. The Morgan fingerprint density at radius 2 is 2.09 bits per heavy atom. The van der Waals surface area contributed by atoms with Crippen LogP contribution in [0.2, 0.25) is 0 Å². The van der Waals surface area contributed by atoms with Crippen molar-refractivity contribution in [1.82, 2.24) is 0 Å². The topological polar surface area (TPSA) is 43.4 Å². The summed E-state index contributed by atoms with van der Waals surface area (Å²) in [6.45, 7) is 3.43. The molecule has 0 heterocycles. The van der Waals surface area contributed by atoms with Crippen molar-refractivity contribution < 1.29 is 14.3 Å². The molecule has 0 radical (unpaired) electrons. The van der Waals surface area contributed by atoms with E-state index >= 15 is 0 Å². The van der Waals surface area contributed by atoms with Crippen LogP contribution in [-0.2, 0) is 14.3 Å². The van der Waals surface area contributed by atoms with Gasteiger partial charge < -0.3 is 4.74 Å². The zero-order valence-corrected chi connectivity index (χ0v) is 7.73. The zero-order valence-electron chi connectivity index (χ0n) is 6.92. The minimum absolute atomic E-state index is 0.157. The van der Waals surface area contributed by atoms with Crippen molar-refractivity contribution in [2.24, 2.45) is 0 Å². The first-order valence-corrected chi connectivity index (χ1v) is 4.62. The Kier molecular flexibility index (Phi) is 4.94. The van der Waals surface area contributed by atoms with Crippen molar-refractivity contribution in [3.63, 3.8) is 0 Å². The summed E-state index contributed by atoms with van der Waals surface area (Å²) in [6.07, 6.45) is 1.71. The third-order valence-corrected chi connectivity index (χ3v) is 2.10. The predicted octanol–water partition coefficient (Wildman–Crippen LogP) is 0.870. The van der Waals surface area contributed by atoms with Crippen LogP contribution < -0.4 is 0 Å². The van der Waals surface area contributed by atoms with Gasteiger partial charge in [-0.3, -0.25) is 9.59 Å². The second-order valence-corrected chi connectivity index (χ2v) is 2.92. The van der Waals surface area contributed by atoms with Gasteiger partial charge in [-0.05, 0) is 20.1 Å². The summed E-state index contributed by atoms with van der Waals surface area (Å²) in [6, 6.07) is 0. The molecule has 0 saturated heterocycles. The molecule has 11 heavy (non-hydrogen) atoms. The van der Waals surface area contributed by atoms with Gasteiger partial charge in [0.2, 0.25) is 0 Å². The van der Waals surface area contributed by atoms with E-state index in [0.717, 1.165) is 0 Å². The van der Waals surface area contributed by atoms with Gasteiger partial charge in [0, 0.05) is 0 Å². The molecule has 0 aromatic rings. The molecular formula is C7H12O3S. The van der Waals surface area contributed by atoms with Crippen LogP contribution in [0.5, 0.6) is 0 Å². The van der Waals surface area contributed by atoms with Crippen molar-refractivity contribution in [2.75, 3.05) is 12.9 Å². The van der Waals surface area contributed by atoms with Crippen molar-refractivity contribution >= 4 is 23.5 Å². The highest BCUT2D eigenvalue weighted by molar-refractivity contribution is 8.00. The van der Waals surface area contributed by atoms with Gasteiger partial charge in [-0.25, -0.2) is 0 Å². The lowest BCUT2D eigenvalue weighted by Crippen LogP contribution is -2.26. The van der Waals surface area contributed by atoms with Gasteiger partial charge in [-0.2, -0.15) is 0 Å². The van der Waals surface area contributed by atoms with Crippen molar-refractivity contribution in [3.05, 3.63) is 0 Å². The molecule has 0 aromatic heterocycles. The van der Waals surface area contributed by atoms with Gasteiger partial charge in [0.25, 0.3) is 0 Å². The molecule has 0 aliphatic rings. The minimum atomic E-state index is -0.644. The van der Waals surface area contributed by atoms with E-state index in [1.807, 2.05) is 0 Å². The van der Waals surface area contributed by atoms with Crippen LogP contribution in [0.1, 0.15) is 13.8 Å². The summed E-state index contributed by atoms with van der Waals surface area (Å²) < 4.78 is 4.68. The standard InChI is InChI=1S/C7H12O3S/c1-4-10-7(9)6(11-3)5(2)8/h6H,4H2,1-3H3. The molecule has 0 aliphatic heterocycles. The van der Waals surface area contributed by atoms with E-state index in [-0.39, 0.29) is 5.78 Å². The fourth-order valence-electron chi connectivity index (χ4n) is 0.646. The molecule has 1 atom stereocenters. The number of carbonyl (C=O) groups is 2. The molecule has 0 aliphatic carbocycles. The Bertz CT molecular complexity index is 156. The van der Waals surface area contributed by atoms with E-state index < -0.39 is 11.2 Å². The summed E-state index contributed by atoms with van der Waals surface area (Å²) in [4.78, 5) is 21.7. The minimum Gasteiger partial charge on any atom is -0.465 e. The second-order valence-electron chi connectivity index (χ2n) is 1.98. The number of hydrogen-bond acceptors (Lipinski definition) is 4. The third kappa shape index (κ3) is 3.41. The Labute approximate surface area is 70.5 Å². The maximum absolute atomic E-state index is 11.0. The number of hydrogen-bond donors (Lipinski definition) is 0. The monoisotopic (exact) mass is 176 g/mol. The van der Waals surface area contributed by atoms with Gasteiger partial charge in [0.15, 0.2) is 11.0 Å². The predicted molar refractivity (Wildman–Crippen MR) is 44.6 cm³/mol. The van der Waals surface area contributed by atoms with Crippen LogP contribution in [0.4, 0.5) is 0 Å². The summed E-state index contributed by atoms with van der Waals surface area (Å²) in [7, 11) is 0. The van der Waals surface area contributed by atoms with E-state index in [0.29, 0.717) is 6.61 Å². The smallest absolute Gasteiger partial charge is 0.326 e. The Morgan fingerprint density at radius 3 is 2.36 bits per heavy atom. The molecule has 3 nitrogen and oxygen atoms in total. The number of rotatable bonds is 4. The molecule has 0 amide bonds. The van der Waals surface area contributed by atoms with Crippen molar-refractivity contribution in [1.29, 1.82) is 0 Å². The van der Waals surface area contributed by atoms with Crippen molar-refractivity contribution in [2.45, 2.75) is 19.1 Å². The zero-order chi connectivity index (χ0) is 8.85. The molecule has 0 aromatic carbocycles.